The summed E-state index contributed by atoms with van der Waals surface area (Å²) in [6, 6.07) is 3.79. The SMILES string of the molecule is CC(NCC(C)N(C)C1CC1)c1ccn[nH]1. The molecule has 2 unspecified atom stereocenters. The summed E-state index contributed by atoms with van der Waals surface area (Å²) in [7, 11) is 2.23. The summed E-state index contributed by atoms with van der Waals surface area (Å²) < 4.78 is 0. The highest BCUT2D eigenvalue weighted by molar-refractivity contribution is 5.03. The number of aromatic amines is 1. The van der Waals surface area contributed by atoms with Crippen LogP contribution in [-0.4, -0.2) is 40.8 Å². The topological polar surface area (TPSA) is 44.0 Å². The van der Waals surface area contributed by atoms with Crippen LogP contribution in [0.15, 0.2) is 12.3 Å². The minimum Gasteiger partial charge on any atom is -0.307 e. The summed E-state index contributed by atoms with van der Waals surface area (Å²) in [5.74, 6) is 0. The number of aromatic nitrogens is 2. The number of hydrogen-bond donors (Lipinski definition) is 2. The summed E-state index contributed by atoms with van der Waals surface area (Å²) in [6.07, 6.45) is 4.54. The molecule has 90 valence electrons. The van der Waals surface area contributed by atoms with Crippen molar-refractivity contribution >= 4 is 0 Å². The number of H-pyrrole nitrogens is 1. The first kappa shape index (κ1) is 11.6. The van der Waals surface area contributed by atoms with E-state index in [-0.39, 0.29) is 0 Å². The predicted octanol–water partition coefficient (Wildman–Crippen LogP) is 1.54. The Kier molecular flexibility index (Phi) is 3.61. The quantitative estimate of drug-likeness (QED) is 0.767. The van der Waals surface area contributed by atoms with Crippen molar-refractivity contribution in [1.29, 1.82) is 0 Å². The lowest BCUT2D eigenvalue weighted by Gasteiger charge is -2.26. The van der Waals surface area contributed by atoms with Crippen molar-refractivity contribution in [3.8, 4) is 0 Å². The fourth-order valence-corrected chi connectivity index (χ4v) is 1.95. The Morgan fingerprint density at radius 1 is 1.56 bits per heavy atom. The van der Waals surface area contributed by atoms with Gasteiger partial charge in [0.05, 0.1) is 5.69 Å². The van der Waals surface area contributed by atoms with Crippen molar-refractivity contribution in [2.45, 2.75) is 44.8 Å². The van der Waals surface area contributed by atoms with Gasteiger partial charge in [0.25, 0.3) is 0 Å². The van der Waals surface area contributed by atoms with Gasteiger partial charge in [0.15, 0.2) is 0 Å². The van der Waals surface area contributed by atoms with Crippen LogP contribution in [0.1, 0.15) is 38.4 Å². The Labute approximate surface area is 97.4 Å². The van der Waals surface area contributed by atoms with Gasteiger partial charge in [0, 0.05) is 30.9 Å². The van der Waals surface area contributed by atoms with Gasteiger partial charge in [0.2, 0.25) is 0 Å². The zero-order valence-electron chi connectivity index (χ0n) is 10.4. The lowest BCUT2D eigenvalue weighted by atomic mass is 10.2. The van der Waals surface area contributed by atoms with Gasteiger partial charge in [-0.15, -0.1) is 0 Å². The zero-order valence-corrected chi connectivity index (χ0v) is 10.4. The van der Waals surface area contributed by atoms with Crippen LogP contribution in [0.3, 0.4) is 0 Å². The maximum atomic E-state index is 3.97. The van der Waals surface area contributed by atoms with Gasteiger partial charge in [-0.3, -0.25) is 10.00 Å². The maximum absolute atomic E-state index is 3.97. The van der Waals surface area contributed by atoms with Crippen LogP contribution in [0.2, 0.25) is 0 Å². The molecule has 0 aliphatic heterocycles. The average molecular weight is 222 g/mol. The van der Waals surface area contributed by atoms with E-state index in [1.165, 1.54) is 12.8 Å². The second-order valence-corrected chi connectivity index (χ2v) is 4.89. The van der Waals surface area contributed by atoms with Gasteiger partial charge in [-0.2, -0.15) is 5.10 Å². The molecule has 0 spiro atoms. The van der Waals surface area contributed by atoms with Crippen LogP contribution >= 0.6 is 0 Å². The fraction of sp³-hybridized carbons (Fsp3) is 0.750. The molecule has 1 heterocycles. The first-order valence-corrected chi connectivity index (χ1v) is 6.13. The van der Waals surface area contributed by atoms with Crippen LogP contribution in [-0.2, 0) is 0 Å². The molecular weight excluding hydrogens is 200 g/mol. The van der Waals surface area contributed by atoms with Crippen LogP contribution in [0, 0.1) is 0 Å². The largest absolute Gasteiger partial charge is 0.307 e. The molecule has 0 amide bonds. The molecule has 16 heavy (non-hydrogen) atoms. The van der Waals surface area contributed by atoms with Crippen LogP contribution in [0.25, 0.3) is 0 Å². The number of nitrogens with zero attached hydrogens (tertiary/aromatic N) is 2. The maximum Gasteiger partial charge on any atom is 0.0518 e. The Bertz CT molecular complexity index is 305. The third-order valence-electron chi connectivity index (χ3n) is 3.53. The molecule has 0 saturated heterocycles. The third kappa shape index (κ3) is 2.83. The highest BCUT2D eigenvalue weighted by Gasteiger charge is 2.28. The van der Waals surface area contributed by atoms with E-state index in [0.29, 0.717) is 12.1 Å². The molecule has 4 nitrogen and oxygen atoms in total. The first-order chi connectivity index (χ1) is 7.68. The van der Waals surface area contributed by atoms with E-state index >= 15 is 0 Å². The monoisotopic (exact) mass is 222 g/mol. The number of hydrogen-bond acceptors (Lipinski definition) is 3. The standard InChI is InChI=1S/C12H22N4/c1-9(16(3)11-4-5-11)8-13-10(2)12-6-7-14-15-12/h6-7,9-11,13H,4-5,8H2,1-3H3,(H,14,15). The van der Waals surface area contributed by atoms with E-state index in [9.17, 15) is 0 Å². The Hall–Kier alpha value is -0.870. The van der Waals surface area contributed by atoms with Crippen molar-refractivity contribution in [1.82, 2.24) is 20.4 Å². The molecule has 2 rings (SSSR count). The van der Waals surface area contributed by atoms with Crippen molar-refractivity contribution in [3.05, 3.63) is 18.0 Å². The molecular formula is C12H22N4. The van der Waals surface area contributed by atoms with Crippen molar-refractivity contribution in [2.75, 3.05) is 13.6 Å². The normalized spacial score (nSPS) is 20.0. The van der Waals surface area contributed by atoms with Crippen molar-refractivity contribution in [2.24, 2.45) is 0 Å². The number of nitrogens with one attached hydrogen (secondary N) is 2. The molecule has 1 aromatic heterocycles. The number of likely N-dealkylation sites (N-methyl/N-ethyl adjacent to an activating group) is 1. The lowest BCUT2D eigenvalue weighted by molar-refractivity contribution is 0.236. The molecule has 0 bridgehead atoms. The zero-order chi connectivity index (χ0) is 11.5. The summed E-state index contributed by atoms with van der Waals surface area (Å²) in [4.78, 5) is 2.48. The van der Waals surface area contributed by atoms with E-state index < -0.39 is 0 Å². The van der Waals surface area contributed by atoms with Crippen LogP contribution in [0.4, 0.5) is 0 Å². The van der Waals surface area contributed by atoms with Gasteiger partial charge in [0.1, 0.15) is 0 Å². The van der Waals surface area contributed by atoms with Gasteiger partial charge in [-0.25, -0.2) is 0 Å². The molecule has 2 N–H and O–H groups in total. The van der Waals surface area contributed by atoms with E-state index in [2.05, 4.69) is 41.3 Å². The van der Waals surface area contributed by atoms with Crippen LogP contribution < -0.4 is 5.32 Å². The van der Waals surface area contributed by atoms with Gasteiger partial charge in [-0.05, 0) is 39.8 Å². The smallest absolute Gasteiger partial charge is 0.0518 e. The summed E-state index contributed by atoms with van der Waals surface area (Å²) in [6.45, 7) is 5.47. The molecule has 1 aliphatic rings. The predicted molar refractivity (Wildman–Crippen MR) is 65.3 cm³/mol. The Morgan fingerprint density at radius 3 is 2.88 bits per heavy atom. The van der Waals surface area contributed by atoms with E-state index in [4.69, 9.17) is 0 Å². The highest BCUT2D eigenvalue weighted by Crippen LogP contribution is 2.26. The number of rotatable bonds is 6. The van der Waals surface area contributed by atoms with E-state index in [0.717, 1.165) is 18.3 Å². The van der Waals surface area contributed by atoms with Crippen LogP contribution in [0.5, 0.6) is 0 Å². The summed E-state index contributed by atoms with van der Waals surface area (Å²) >= 11 is 0. The second kappa shape index (κ2) is 4.97. The van der Waals surface area contributed by atoms with E-state index in [1.54, 1.807) is 6.20 Å². The second-order valence-electron chi connectivity index (χ2n) is 4.89. The fourth-order valence-electron chi connectivity index (χ4n) is 1.95. The van der Waals surface area contributed by atoms with Gasteiger partial charge >= 0.3 is 0 Å². The minimum atomic E-state index is 0.345. The van der Waals surface area contributed by atoms with Gasteiger partial charge in [-0.1, -0.05) is 0 Å². The van der Waals surface area contributed by atoms with Crippen molar-refractivity contribution < 1.29 is 0 Å². The molecule has 0 aromatic carbocycles. The molecule has 2 atom stereocenters. The Balaban J connectivity index is 1.74. The molecule has 0 radical (unpaired) electrons. The molecule has 1 aromatic rings. The molecule has 1 fully saturated rings. The minimum absolute atomic E-state index is 0.345. The third-order valence-corrected chi connectivity index (χ3v) is 3.53. The Morgan fingerprint density at radius 2 is 2.31 bits per heavy atom. The molecule has 4 heteroatoms. The molecule has 1 saturated carbocycles. The van der Waals surface area contributed by atoms with Crippen molar-refractivity contribution in [3.63, 3.8) is 0 Å². The van der Waals surface area contributed by atoms with Gasteiger partial charge < -0.3 is 5.32 Å². The summed E-state index contributed by atoms with van der Waals surface area (Å²) in [5.41, 5.74) is 1.15. The first-order valence-electron chi connectivity index (χ1n) is 6.13. The average Bonchev–Trinajstić information content (AvgIpc) is 2.99. The summed E-state index contributed by atoms with van der Waals surface area (Å²) in [5, 5.41) is 10.5. The highest BCUT2D eigenvalue weighted by atomic mass is 15.2. The molecule has 1 aliphatic carbocycles. The van der Waals surface area contributed by atoms with E-state index in [1.807, 2.05) is 6.07 Å². The lowest BCUT2D eigenvalue weighted by Crippen LogP contribution is -2.39.